The Morgan fingerprint density at radius 2 is 2.38 bits per heavy atom. The number of carbonyl (C=O) groups excluding carboxylic acids is 1. The second kappa shape index (κ2) is 3.12. The third-order valence-electron chi connectivity index (χ3n) is 3.17. The van der Waals surface area contributed by atoms with E-state index in [0.717, 1.165) is 6.42 Å². The van der Waals surface area contributed by atoms with Gasteiger partial charge in [-0.15, -0.1) is 0 Å². The van der Waals surface area contributed by atoms with Crippen molar-refractivity contribution in [3.05, 3.63) is 0 Å². The van der Waals surface area contributed by atoms with Gasteiger partial charge in [-0.2, -0.15) is 5.26 Å². The van der Waals surface area contributed by atoms with E-state index in [2.05, 4.69) is 6.07 Å². The van der Waals surface area contributed by atoms with Crippen molar-refractivity contribution in [2.45, 2.75) is 38.7 Å². The number of nitrogens with zero attached hydrogens (tertiary/aromatic N) is 1. The molecular formula is C10H15NO2. The zero-order valence-electron chi connectivity index (χ0n) is 8.08. The first kappa shape index (κ1) is 10.2. The summed E-state index contributed by atoms with van der Waals surface area (Å²) >= 11 is 0. The molecule has 13 heavy (non-hydrogen) atoms. The topological polar surface area (TPSA) is 61.1 Å². The minimum Gasteiger partial charge on any atom is -0.381 e. The van der Waals surface area contributed by atoms with E-state index in [9.17, 15) is 9.90 Å². The smallest absolute Gasteiger partial charge is 0.152 e. The third kappa shape index (κ3) is 1.47. The van der Waals surface area contributed by atoms with Gasteiger partial charge in [0.2, 0.25) is 0 Å². The molecule has 0 saturated heterocycles. The molecule has 1 rings (SSSR count). The van der Waals surface area contributed by atoms with E-state index in [1.165, 1.54) is 6.92 Å². The first-order valence-corrected chi connectivity index (χ1v) is 4.57. The van der Waals surface area contributed by atoms with Crippen molar-refractivity contribution in [3.8, 4) is 6.07 Å². The average molecular weight is 181 g/mol. The van der Waals surface area contributed by atoms with Crippen molar-refractivity contribution < 1.29 is 9.90 Å². The molecule has 0 heterocycles. The summed E-state index contributed by atoms with van der Waals surface area (Å²) in [7, 11) is 0. The van der Waals surface area contributed by atoms with E-state index in [4.69, 9.17) is 5.26 Å². The van der Waals surface area contributed by atoms with Gasteiger partial charge in [-0.05, 0) is 32.1 Å². The highest BCUT2D eigenvalue weighted by Gasteiger charge is 2.51. The lowest BCUT2D eigenvalue weighted by molar-refractivity contribution is -0.132. The van der Waals surface area contributed by atoms with Gasteiger partial charge in [0.25, 0.3) is 0 Å². The number of aldehydes is 1. The molecular weight excluding hydrogens is 166 g/mol. The largest absolute Gasteiger partial charge is 0.381 e. The Bertz CT molecular complexity index is 254. The van der Waals surface area contributed by atoms with Gasteiger partial charge in [-0.3, -0.25) is 0 Å². The Labute approximate surface area is 78.4 Å². The third-order valence-corrected chi connectivity index (χ3v) is 3.17. The van der Waals surface area contributed by atoms with Crippen LogP contribution in [0.4, 0.5) is 0 Å². The molecule has 3 unspecified atom stereocenters. The van der Waals surface area contributed by atoms with Crippen molar-refractivity contribution >= 4 is 6.29 Å². The van der Waals surface area contributed by atoms with E-state index in [1.54, 1.807) is 0 Å². The number of hydrogen-bond donors (Lipinski definition) is 1. The van der Waals surface area contributed by atoms with Gasteiger partial charge >= 0.3 is 0 Å². The van der Waals surface area contributed by atoms with E-state index in [0.29, 0.717) is 25.0 Å². The van der Waals surface area contributed by atoms with Crippen LogP contribution in [0, 0.1) is 22.7 Å². The quantitative estimate of drug-likeness (QED) is 0.652. The van der Waals surface area contributed by atoms with E-state index < -0.39 is 11.0 Å². The Hall–Kier alpha value is -0.880. The molecule has 0 bridgehead atoms. The summed E-state index contributed by atoms with van der Waals surface area (Å²) in [4.78, 5) is 10.7. The fourth-order valence-electron chi connectivity index (χ4n) is 2.08. The SMILES string of the molecule is CC1CCC(C#N)(C(C)(O)C=O)C1. The Morgan fingerprint density at radius 1 is 1.77 bits per heavy atom. The summed E-state index contributed by atoms with van der Waals surface area (Å²) in [6, 6.07) is 2.12. The first-order chi connectivity index (χ1) is 5.97. The molecule has 0 radical (unpaired) electrons. The van der Waals surface area contributed by atoms with Crippen LogP contribution in [0.1, 0.15) is 33.1 Å². The maximum absolute atomic E-state index is 10.7. The minimum atomic E-state index is -1.49. The summed E-state index contributed by atoms with van der Waals surface area (Å²) in [6.45, 7) is 3.47. The van der Waals surface area contributed by atoms with E-state index in [1.807, 2.05) is 6.92 Å². The zero-order chi connectivity index (χ0) is 10.1. The highest BCUT2D eigenvalue weighted by atomic mass is 16.3. The van der Waals surface area contributed by atoms with Gasteiger partial charge < -0.3 is 9.90 Å². The van der Waals surface area contributed by atoms with Gasteiger partial charge in [-0.25, -0.2) is 0 Å². The van der Waals surface area contributed by atoms with Crippen LogP contribution in [0.15, 0.2) is 0 Å². The minimum absolute atomic E-state index is 0.422. The molecule has 0 aromatic carbocycles. The lowest BCUT2D eigenvalue weighted by Gasteiger charge is -2.32. The molecule has 3 atom stereocenters. The summed E-state index contributed by atoms with van der Waals surface area (Å²) in [5.41, 5.74) is -2.35. The van der Waals surface area contributed by atoms with Crippen molar-refractivity contribution in [2.75, 3.05) is 0 Å². The fraction of sp³-hybridized carbons (Fsp3) is 0.800. The molecule has 1 aliphatic rings. The summed E-state index contributed by atoms with van der Waals surface area (Å²) in [5.74, 6) is 0.422. The lowest BCUT2D eigenvalue weighted by atomic mass is 9.73. The molecule has 0 aromatic heterocycles. The average Bonchev–Trinajstić information content (AvgIpc) is 2.49. The van der Waals surface area contributed by atoms with Crippen LogP contribution in [0.25, 0.3) is 0 Å². The Morgan fingerprint density at radius 3 is 2.69 bits per heavy atom. The molecule has 3 heteroatoms. The second-order valence-corrected chi connectivity index (χ2v) is 4.31. The normalized spacial score (nSPS) is 37.8. The molecule has 0 spiro atoms. The second-order valence-electron chi connectivity index (χ2n) is 4.31. The standard InChI is InChI=1S/C10H15NO2/c1-8-3-4-10(5-8,6-11)9(2,13)7-12/h7-8,13H,3-5H2,1-2H3. The maximum Gasteiger partial charge on any atom is 0.152 e. The highest BCUT2D eigenvalue weighted by Crippen LogP contribution is 2.47. The van der Waals surface area contributed by atoms with Crippen molar-refractivity contribution in [1.82, 2.24) is 0 Å². The summed E-state index contributed by atoms with van der Waals surface area (Å²) in [6.07, 6.45) is 2.65. The number of aliphatic hydroxyl groups is 1. The number of nitriles is 1. The van der Waals surface area contributed by atoms with Crippen LogP contribution < -0.4 is 0 Å². The molecule has 1 N–H and O–H groups in total. The van der Waals surface area contributed by atoms with Gasteiger partial charge in [-0.1, -0.05) is 6.92 Å². The van der Waals surface area contributed by atoms with Gasteiger partial charge in [0.15, 0.2) is 6.29 Å². The Kier molecular flexibility index (Phi) is 2.44. The highest BCUT2D eigenvalue weighted by molar-refractivity contribution is 5.64. The van der Waals surface area contributed by atoms with Gasteiger partial charge in [0.1, 0.15) is 5.60 Å². The molecule has 0 aliphatic heterocycles. The van der Waals surface area contributed by atoms with Crippen molar-refractivity contribution in [1.29, 1.82) is 5.26 Å². The van der Waals surface area contributed by atoms with Crippen LogP contribution in [0.5, 0.6) is 0 Å². The molecule has 1 aliphatic carbocycles. The monoisotopic (exact) mass is 181 g/mol. The van der Waals surface area contributed by atoms with Gasteiger partial charge in [0, 0.05) is 0 Å². The zero-order valence-corrected chi connectivity index (χ0v) is 8.08. The van der Waals surface area contributed by atoms with Crippen LogP contribution in [-0.4, -0.2) is 17.0 Å². The van der Waals surface area contributed by atoms with Crippen LogP contribution >= 0.6 is 0 Å². The Balaban J connectivity index is 2.97. The van der Waals surface area contributed by atoms with Crippen molar-refractivity contribution in [2.24, 2.45) is 11.3 Å². The van der Waals surface area contributed by atoms with Crippen LogP contribution in [0.3, 0.4) is 0 Å². The summed E-state index contributed by atoms with van der Waals surface area (Å²) < 4.78 is 0. The van der Waals surface area contributed by atoms with Crippen LogP contribution in [0.2, 0.25) is 0 Å². The first-order valence-electron chi connectivity index (χ1n) is 4.57. The molecule has 3 nitrogen and oxygen atoms in total. The predicted octanol–water partition coefficient (Wildman–Crippen LogP) is 1.27. The number of carbonyl (C=O) groups is 1. The van der Waals surface area contributed by atoms with Crippen molar-refractivity contribution in [3.63, 3.8) is 0 Å². The molecule has 1 fully saturated rings. The summed E-state index contributed by atoms with van der Waals surface area (Å²) in [5, 5.41) is 18.8. The number of hydrogen-bond acceptors (Lipinski definition) is 3. The number of rotatable bonds is 2. The van der Waals surface area contributed by atoms with E-state index in [-0.39, 0.29) is 0 Å². The van der Waals surface area contributed by atoms with Crippen LogP contribution in [-0.2, 0) is 4.79 Å². The molecule has 1 saturated carbocycles. The molecule has 0 amide bonds. The van der Waals surface area contributed by atoms with E-state index >= 15 is 0 Å². The molecule has 72 valence electrons. The maximum atomic E-state index is 10.7. The van der Waals surface area contributed by atoms with Gasteiger partial charge in [0.05, 0.1) is 11.5 Å². The molecule has 0 aromatic rings. The lowest BCUT2D eigenvalue weighted by Crippen LogP contribution is -2.44. The predicted molar refractivity (Wildman–Crippen MR) is 47.7 cm³/mol. The fourth-order valence-corrected chi connectivity index (χ4v) is 2.08.